The van der Waals surface area contributed by atoms with E-state index < -0.39 is 0 Å². The number of nitrogen functional groups attached to an aromatic ring is 1. The number of hydrogen-bond donors (Lipinski definition) is 1. The summed E-state index contributed by atoms with van der Waals surface area (Å²) in [6.45, 7) is 0. The van der Waals surface area contributed by atoms with Gasteiger partial charge in [-0.25, -0.2) is 15.0 Å². The van der Waals surface area contributed by atoms with Gasteiger partial charge in [-0.3, -0.25) is 0 Å². The van der Waals surface area contributed by atoms with Gasteiger partial charge in [-0.15, -0.1) is 0 Å². The number of nitrogens with two attached hydrogens (primary N) is 1. The third-order valence-corrected chi connectivity index (χ3v) is 2.92. The lowest BCUT2D eigenvalue weighted by atomic mass is 10.5. The number of nitrogens with zero attached hydrogens (tertiary/aromatic N) is 3. The molecule has 0 radical (unpaired) electrons. The van der Waals surface area contributed by atoms with E-state index in [9.17, 15) is 0 Å². The van der Waals surface area contributed by atoms with Crippen LogP contribution in [0, 0.1) is 0 Å². The van der Waals surface area contributed by atoms with Crippen molar-refractivity contribution < 1.29 is 0 Å². The normalized spacial score (nSPS) is 10.2. The second kappa shape index (κ2) is 4.59. The van der Waals surface area contributed by atoms with Gasteiger partial charge in [0.05, 0.1) is 0 Å². The van der Waals surface area contributed by atoms with Crippen LogP contribution in [0.25, 0.3) is 0 Å². The van der Waals surface area contributed by atoms with Gasteiger partial charge < -0.3 is 5.73 Å². The Morgan fingerprint density at radius 1 is 1.13 bits per heavy atom. The van der Waals surface area contributed by atoms with Crippen molar-refractivity contribution in [2.75, 3.05) is 5.73 Å². The van der Waals surface area contributed by atoms with Crippen LogP contribution in [0.1, 0.15) is 0 Å². The van der Waals surface area contributed by atoms with Gasteiger partial charge in [0.2, 0.25) is 0 Å². The van der Waals surface area contributed by atoms with Gasteiger partial charge >= 0.3 is 0 Å². The predicted molar refractivity (Wildman–Crippen MR) is 62.5 cm³/mol. The minimum Gasteiger partial charge on any atom is -0.384 e. The van der Waals surface area contributed by atoms with Crippen LogP contribution in [-0.2, 0) is 0 Å². The molecule has 0 unspecified atom stereocenters. The van der Waals surface area contributed by atoms with Crippen LogP contribution in [-0.4, -0.2) is 15.0 Å². The molecule has 0 aliphatic carbocycles. The molecule has 76 valence electrons. The van der Waals surface area contributed by atoms with Crippen LogP contribution in [0.4, 0.5) is 5.82 Å². The van der Waals surface area contributed by atoms with Crippen LogP contribution in [0.3, 0.4) is 0 Å². The summed E-state index contributed by atoms with van der Waals surface area (Å²) < 4.78 is 0.953. The summed E-state index contributed by atoms with van der Waals surface area (Å²) >= 11 is 4.77. The van der Waals surface area contributed by atoms with Crippen LogP contribution < -0.4 is 5.73 Å². The fourth-order valence-electron chi connectivity index (χ4n) is 0.939. The molecular formula is C9H7BrN4S. The summed E-state index contributed by atoms with van der Waals surface area (Å²) in [5, 5.41) is 1.66. The summed E-state index contributed by atoms with van der Waals surface area (Å²) in [5.41, 5.74) is 5.54. The molecule has 0 aliphatic heterocycles. The van der Waals surface area contributed by atoms with Crippen LogP contribution in [0.5, 0.6) is 0 Å². The molecule has 0 saturated heterocycles. The Balaban J connectivity index is 2.18. The van der Waals surface area contributed by atoms with Gasteiger partial charge in [0.25, 0.3) is 0 Å². The molecule has 4 nitrogen and oxygen atoms in total. The Bertz CT molecular complexity index is 460. The van der Waals surface area contributed by atoms with Gasteiger partial charge in [0, 0.05) is 16.7 Å². The molecule has 0 aliphatic rings. The number of anilines is 1. The highest BCUT2D eigenvalue weighted by Crippen LogP contribution is 2.25. The van der Waals surface area contributed by atoms with Gasteiger partial charge in [-0.05, 0) is 39.8 Å². The highest BCUT2D eigenvalue weighted by atomic mass is 79.9. The Hall–Kier alpha value is -1.14. The first-order chi connectivity index (χ1) is 7.24. The Labute approximate surface area is 99.5 Å². The van der Waals surface area contributed by atoms with E-state index >= 15 is 0 Å². The highest BCUT2D eigenvalue weighted by Gasteiger charge is 2.00. The molecule has 0 amide bonds. The number of aromatic nitrogens is 3. The van der Waals surface area contributed by atoms with E-state index in [0.717, 1.165) is 14.5 Å². The lowest BCUT2D eigenvalue weighted by Crippen LogP contribution is -1.91. The largest absolute Gasteiger partial charge is 0.384 e. The van der Waals surface area contributed by atoms with Crippen LogP contribution >= 0.6 is 27.7 Å². The van der Waals surface area contributed by atoms with E-state index in [1.165, 1.54) is 18.1 Å². The molecule has 0 atom stereocenters. The molecule has 0 fully saturated rings. The first-order valence-electron chi connectivity index (χ1n) is 4.11. The molecular weight excluding hydrogens is 276 g/mol. The minimum atomic E-state index is 0.463. The van der Waals surface area contributed by atoms with E-state index in [0.29, 0.717) is 5.82 Å². The van der Waals surface area contributed by atoms with Gasteiger partial charge in [-0.2, -0.15) is 0 Å². The van der Waals surface area contributed by atoms with Crippen LogP contribution in [0.15, 0.2) is 45.2 Å². The van der Waals surface area contributed by atoms with Crippen molar-refractivity contribution in [2.45, 2.75) is 10.1 Å². The molecule has 2 aromatic rings. The number of halogens is 1. The summed E-state index contributed by atoms with van der Waals surface area (Å²) in [6.07, 6.45) is 3.18. The average molecular weight is 283 g/mol. The SMILES string of the molecule is Nc1cc(Sc2ccc(Br)cn2)ncn1. The monoisotopic (exact) mass is 282 g/mol. The fraction of sp³-hybridized carbons (Fsp3) is 0. The van der Waals surface area contributed by atoms with Crippen molar-refractivity contribution in [2.24, 2.45) is 0 Å². The highest BCUT2D eigenvalue weighted by molar-refractivity contribution is 9.10. The van der Waals surface area contributed by atoms with Gasteiger partial charge in [-0.1, -0.05) is 0 Å². The molecule has 0 saturated carbocycles. The number of pyridine rings is 1. The molecule has 2 heterocycles. The van der Waals surface area contributed by atoms with E-state index in [-0.39, 0.29) is 0 Å². The topological polar surface area (TPSA) is 64.7 Å². The summed E-state index contributed by atoms with van der Waals surface area (Å²) in [4.78, 5) is 12.1. The molecule has 2 N–H and O–H groups in total. The maximum absolute atomic E-state index is 5.54. The Morgan fingerprint density at radius 2 is 2.00 bits per heavy atom. The second-order valence-electron chi connectivity index (χ2n) is 2.70. The quantitative estimate of drug-likeness (QED) is 0.857. The van der Waals surface area contributed by atoms with Crippen molar-refractivity contribution in [3.63, 3.8) is 0 Å². The van der Waals surface area contributed by atoms with Crippen molar-refractivity contribution >= 4 is 33.5 Å². The van der Waals surface area contributed by atoms with Gasteiger partial charge in [0.1, 0.15) is 22.2 Å². The fourth-order valence-corrected chi connectivity index (χ4v) is 1.91. The van der Waals surface area contributed by atoms with E-state index in [2.05, 4.69) is 30.9 Å². The zero-order valence-electron chi connectivity index (χ0n) is 7.59. The molecule has 15 heavy (non-hydrogen) atoms. The van der Waals surface area contributed by atoms with Crippen molar-refractivity contribution in [3.05, 3.63) is 35.2 Å². The zero-order valence-corrected chi connectivity index (χ0v) is 9.99. The van der Waals surface area contributed by atoms with E-state index in [1.807, 2.05) is 12.1 Å². The first-order valence-corrected chi connectivity index (χ1v) is 5.72. The molecule has 6 heteroatoms. The minimum absolute atomic E-state index is 0.463. The summed E-state index contributed by atoms with van der Waals surface area (Å²) in [6, 6.07) is 5.56. The first kappa shape index (κ1) is 10.4. The van der Waals surface area contributed by atoms with Crippen molar-refractivity contribution in [1.29, 1.82) is 0 Å². The van der Waals surface area contributed by atoms with Gasteiger partial charge in [0.15, 0.2) is 0 Å². The molecule has 2 rings (SSSR count). The van der Waals surface area contributed by atoms with Crippen LogP contribution in [0.2, 0.25) is 0 Å². The standard InChI is InChI=1S/C9H7BrN4S/c10-6-1-2-8(12-4-6)15-9-3-7(11)13-5-14-9/h1-5H,(H2,11,13,14). The summed E-state index contributed by atoms with van der Waals surface area (Å²) in [5.74, 6) is 0.463. The van der Waals surface area contributed by atoms with E-state index in [1.54, 1.807) is 12.3 Å². The smallest absolute Gasteiger partial charge is 0.127 e. The third kappa shape index (κ3) is 2.90. The molecule has 0 bridgehead atoms. The summed E-state index contributed by atoms with van der Waals surface area (Å²) in [7, 11) is 0. The molecule has 0 spiro atoms. The average Bonchev–Trinajstić information content (AvgIpc) is 2.22. The molecule has 2 aromatic heterocycles. The zero-order chi connectivity index (χ0) is 10.7. The third-order valence-electron chi connectivity index (χ3n) is 1.57. The second-order valence-corrected chi connectivity index (χ2v) is 4.65. The Kier molecular flexibility index (Phi) is 3.17. The lowest BCUT2D eigenvalue weighted by molar-refractivity contribution is 1.04. The predicted octanol–water partition coefficient (Wildman–Crippen LogP) is 2.37. The number of rotatable bonds is 2. The number of hydrogen-bond acceptors (Lipinski definition) is 5. The van der Waals surface area contributed by atoms with Crippen molar-refractivity contribution in [3.8, 4) is 0 Å². The maximum Gasteiger partial charge on any atom is 0.127 e. The molecule has 0 aromatic carbocycles. The Morgan fingerprint density at radius 3 is 2.67 bits per heavy atom. The van der Waals surface area contributed by atoms with Crippen molar-refractivity contribution in [1.82, 2.24) is 15.0 Å². The lowest BCUT2D eigenvalue weighted by Gasteiger charge is -2.00. The van der Waals surface area contributed by atoms with E-state index in [4.69, 9.17) is 5.73 Å². The maximum atomic E-state index is 5.54.